The molecule has 20 heavy (non-hydrogen) atoms. The van der Waals surface area contributed by atoms with Crippen molar-refractivity contribution in [2.24, 2.45) is 11.8 Å². The molecule has 0 saturated heterocycles. The lowest BCUT2D eigenvalue weighted by atomic mass is 9.78. The second kappa shape index (κ2) is 8.18. The van der Waals surface area contributed by atoms with Crippen LogP contribution >= 0.6 is 0 Å². The zero-order valence-electron chi connectivity index (χ0n) is 12.0. The van der Waals surface area contributed by atoms with E-state index in [-0.39, 0.29) is 5.82 Å². The highest BCUT2D eigenvalue weighted by molar-refractivity contribution is 5.16. The standard InChI is InChI=1S/C18H24F2/c19-14-2-1-3-15-4-6-16(7-5-15)8-9-17-10-12-18(20)13-11-17/h2,10-16H,1,3-9H2/b14-2+. The molecule has 0 unspecified atom stereocenters. The average Bonchev–Trinajstić information content (AvgIpc) is 2.48. The minimum Gasteiger partial charge on any atom is -0.216 e. The number of allylic oxidation sites excluding steroid dienone is 1. The van der Waals surface area contributed by atoms with Crippen LogP contribution in [0.25, 0.3) is 0 Å². The number of rotatable bonds is 6. The molecular formula is C18H24F2. The molecular weight excluding hydrogens is 254 g/mol. The Morgan fingerprint density at radius 2 is 1.55 bits per heavy atom. The molecule has 1 aromatic rings. The van der Waals surface area contributed by atoms with Gasteiger partial charge in [-0.2, -0.15) is 0 Å². The number of benzene rings is 1. The van der Waals surface area contributed by atoms with Gasteiger partial charge in [-0.15, -0.1) is 0 Å². The monoisotopic (exact) mass is 278 g/mol. The summed E-state index contributed by atoms with van der Waals surface area (Å²) in [6.07, 6.45) is 11.7. The maximum atomic E-state index is 12.8. The SMILES string of the molecule is F/C=C/CCC1CCC(CCc2ccc(F)cc2)CC1. The second-order valence-electron chi connectivity index (χ2n) is 5.99. The van der Waals surface area contributed by atoms with Gasteiger partial charge in [-0.1, -0.05) is 43.9 Å². The van der Waals surface area contributed by atoms with Gasteiger partial charge in [0.2, 0.25) is 0 Å². The normalized spacial score (nSPS) is 23.3. The zero-order chi connectivity index (χ0) is 14.2. The Labute approximate surface area is 120 Å². The van der Waals surface area contributed by atoms with Crippen LogP contribution in [0, 0.1) is 17.7 Å². The van der Waals surface area contributed by atoms with Gasteiger partial charge in [-0.3, -0.25) is 0 Å². The van der Waals surface area contributed by atoms with Crippen molar-refractivity contribution in [1.82, 2.24) is 0 Å². The van der Waals surface area contributed by atoms with Crippen LogP contribution in [0.5, 0.6) is 0 Å². The lowest BCUT2D eigenvalue weighted by molar-refractivity contribution is 0.254. The molecule has 1 aliphatic rings. The predicted octanol–water partition coefficient (Wildman–Crippen LogP) is 5.83. The van der Waals surface area contributed by atoms with Crippen LogP contribution in [0.2, 0.25) is 0 Å². The molecule has 0 aromatic heterocycles. The lowest BCUT2D eigenvalue weighted by Gasteiger charge is -2.28. The second-order valence-corrected chi connectivity index (χ2v) is 5.99. The van der Waals surface area contributed by atoms with Crippen LogP contribution in [-0.2, 0) is 6.42 Å². The predicted molar refractivity (Wildman–Crippen MR) is 79.7 cm³/mol. The molecule has 2 heteroatoms. The molecule has 0 bridgehead atoms. The first-order chi connectivity index (χ1) is 9.78. The molecule has 1 aliphatic carbocycles. The smallest absolute Gasteiger partial charge is 0.123 e. The van der Waals surface area contributed by atoms with E-state index < -0.39 is 0 Å². The summed E-state index contributed by atoms with van der Waals surface area (Å²) in [6, 6.07) is 6.88. The minimum atomic E-state index is -0.156. The van der Waals surface area contributed by atoms with E-state index in [4.69, 9.17) is 0 Å². The number of aryl methyl sites for hydroxylation is 1. The van der Waals surface area contributed by atoms with Crippen molar-refractivity contribution in [3.05, 3.63) is 48.1 Å². The maximum Gasteiger partial charge on any atom is 0.123 e. The molecule has 1 aromatic carbocycles. The van der Waals surface area contributed by atoms with Gasteiger partial charge in [0.25, 0.3) is 0 Å². The van der Waals surface area contributed by atoms with Crippen LogP contribution in [0.1, 0.15) is 50.5 Å². The van der Waals surface area contributed by atoms with Crippen molar-refractivity contribution in [1.29, 1.82) is 0 Å². The number of hydrogen-bond acceptors (Lipinski definition) is 0. The molecule has 0 aliphatic heterocycles. The summed E-state index contributed by atoms with van der Waals surface area (Å²) >= 11 is 0. The summed E-state index contributed by atoms with van der Waals surface area (Å²) in [6.45, 7) is 0. The van der Waals surface area contributed by atoms with Crippen molar-refractivity contribution < 1.29 is 8.78 Å². The Bertz CT molecular complexity index is 400. The van der Waals surface area contributed by atoms with E-state index in [0.717, 1.165) is 31.1 Å². The summed E-state index contributed by atoms with van der Waals surface area (Å²) < 4.78 is 24.7. The van der Waals surface area contributed by atoms with Crippen molar-refractivity contribution in [3.8, 4) is 0 Å². The largest absolute Gasteiger partial charge is 0.216 e. The lowest BCUT2D eigenvalue weighted by Crippen LogP contribution is -2.15. The van der Waals surface area contributed by atoms with Gasteiger partial charge in [0, 0.05) is 0 Å². The summed E-state index contributed by atoms with van der Waals surface area (Å²) in [5, 5.41) is 0. The fraction of sp³-hybridized carbons (Fsp3) is 0.556. The first-order valence-electron chi connectivity index (χ1n) is 7.77. The summed E-state index contributed by atoms with van der Waals surface area (Å²) in [5.41, 5.74) is 1.24. The first kappa shape index (κ1) is 15.2. The molecule has 0 spiro atoms. The van der Waals surface area contributed by atoms with Crippen molar-refractivity contribution >= 4 is 0 Å². The van der Waals surface area contributed by atoms with Crippen LogP contribution in [-0.4, -0.2) is 0 Å². The van der Waals surface area contributed by atoms with E-state index in [1.807, 2.05) is 12.1 Å². The zero-order valence-corrected chi connectivity index (χ0v) is 12.0. The fourth-order valence-electron chi connectivity index (χ4n) is 3.23. The molecule has 0 nitrogen and oxygen atoms in total. The van der Waals surface area contributed by atoms with E-state index in [9.17, 15) is 8.78 Å². The van der Waals surface area contributed by atoms with Gasteiger partial charge in [0.15, 0.2) is 0 Å². The van der Waals surface area contributed by atoms with Crippen LogP contribution in [0.4, 0.5) is 8.78 Å². The molecule has 0 heterocycles. The fourth-order valence-corrected chi connectivity index (χ4v) is 3.23. The van der Waals surface area contributed by atoms with E-state index in [2.05, 4.69) is 0 Å². The quantitative estimate of drug-likeness (QED) is 0.614. The highest BCUT2D eigenvalue weighted by Crippen LogP contribution is 2.33. The van der Waals surface area contributed by atoms with Crippen molar-refractivity contribution in [2.45, 2.75) is 51.4 Å². The molecule has 0 N–H and O–H groups in total. The van der Waals surface area contributed by atoms with Gasteiger partial charge in [-0.05, 0) is 55.2 Å². The minimum absolute atomic E-state index is 0.156. The Morgan fingerprint density at radius 3 is 2.15 bits per heavy atom. The maximum absolute atomic E-state index is 12.8. The third-order valence-electron chi connectivity index (χ3n) is 4.55. The van der Waals surface area contributed by atoms with E-state index in [1.54, 1.807) is 18.2 Å². The molecule has 2 rings (SSSR count). The number of halogens is 2. The van der Waals surface area contributed by atoms with Gasteiger partial charge < -0.3 is 0 Å². The van der Waals surface area contributed by atoms with Crippen LogP contribution < -0.4 is 0 Å². The molecule has 0 atom stereocenters. The highest BCUT2D eigenvalue weighted by Gasteiger charge is 2.20. The van der Waals surface area contributed by atoms with Gasteiger partial charge in [0.05, 0.1) is 6.33 Å². The van der Waals surface area contributed by atoms with Gasteiger partial charge in [0.1, 0.15) is 5.82 Å². The van der Waals surface area contributed by atoms with Crippen molar-refractivity contribution in [3.63, 3.8) is 0 Å². The first-order valence-corrected chi connectivity index (χ1v) is 7.77. The number of hydrogen-bond donors (Lipinski definition) is 0. The Kier molecular flexibility index (Phi) is 6.23. The van der Waals surface area contributed by atoms with Crippen molar-refractivity contribution in [2.75, 3.05) is 0 Å². The Morgan fingerprint density at radius 1 is 0.950 bits per heavy atom. The Balaban J connectivity index is 1.65. The van der Waals surface area contributed by atoms with Gasteiger partial charge >= 0.3 is 0 Å². The molecule has 0 radical (unpaired) electrons. The summed E-state index contributed by atoms with van der Waals surface area (Å²) in [5.74, 6) is 1.44. The van der Waals surface area contributed by atoms with E-state index in [0.29, 0.717) is 6.33 Å². The Hall–Kier alpha value is -1.18. The topological polar surface area (TPSA) is 0 Å². The van der Waals surface area contributed by atoms with E-state index in [1.165, 1.54) is 37.7 Å². The third-order valence-corrected chi connectivity index (χ3v) is 4.55. The van der Waals surface area contributed by atoms with E-state index >= 15 is 0 Å². The highest BCUT2D eigenvalue weighted by atomic mass is 19.1. The van der Waals surface area contributed by atoms with Gasteiger partial charge in [-0.25, -0.2) is 8.78 Å². The molecule has 1 saturated carbocycles. The third kappa shape index (κ3) is 5.07. The van der Waals surface area contributed by atoms with Crippen LogP contribution in [0.3, 0.4) is 0 Å². The molecule has 1 fully saturated rings. The molecule has 0 amide bonds. The average molecular weight is 278 g/mol. The van der Waals surface area contributed by atoms with Crippen LogP contribution in [0.15, 0.2) is 36.7 Å². The summed E-state index contributed by atoms with van der Waals surface area (Å²) in [7, 11) is 0. The molecule has 110 valence electrons. The summed E-state index contributed by atoms with van der Waals surface area (Å²) in [4.78, 5) is 0.